The van der Waals surface area contributed by atoms with Crippen LogP contribution in [0.25, 0.3) is 0 Å². The zero-order chi connectivity index (χ0) is 21.8. The van der Waals surface area contributed by atoms with Crippen molar-refractivity contribution in [2.75, 3.05) is 19.0 Å². The van der Waals surface area contributed by atoms with Gasteiger partial charge in [0, 0.05) is 37.8 Å². The smallest absolute Gasteiger partial charge is 0.190 e. The van der Waals surface area contributed by atoms with Gasteiger partial charge in [-0.1, -0.05) is 72.3 Å². The molecule has 0 aliphatic carbocycles. The molecule has 1 N–H and O–H groups in total. The summed E-state index contributed by atoms with van der Waals surface area (Å²) in [6, 6.07) is 26.5. The van der Waals surface area contributed by atoms with Crippen LogP contribution in [0.5, 0.6) is 0 Å². The number of thiocarbonyl (C=S) groups is 1. The molecule has 0 saturated carbocycles. The van der Waals surface area contributed by atoms with Crippen LogP contribution >= 0.6 is 23.8 Å². The van der Waals surface area contributed by atoms with Crippen molar-refractivity contribution in [1.29, 1.82) is 0 Å². The van der Waals surface area contributed by atoms with Gasteiger partial charge in [-0.15, -0.1) is 0 Å². The molecule has 0 spiro atoms. The Morgan fingerprint density at radius 2 is 1.81 bits per heavy atom. The highest BCUT2D eigenvalue weighted by molar-refractivity contribution is 7.80. The third-order valence-corrected chi connectivity index (χ3v) is 6.04. The molecule has 0 radical (unpaired) electrons. The van der Waals surface area contributed by atoms with Gasteiger partial charge < -0.3 is 10.2 Å². The van der Waals surface area contributed by atoms with E-state index in [1.54, 1.807) is 0 Å². The number of benzene rings is 3. The normalized spacial score (nSPS) is 15.5. The molecule has 0 fully saturated rings. The molecule has 1 atom stereocenters. The van der Waals surface area contributed by atoms with Gasteiger partial charge in [-0.25, -0.2) is 5.01 Å². The van der Waals surface area contributed by atoms with Crippen LogP contribution in [-0.2, 0) is 6.54 Å². The van der Waals surface area contributed by atoms with Gasteiger partial charge in [0.25, 0.3) is 0 Å². The van der Waals surface area contributed by atoms with Crippen LogP contribution in [-0.4, -0.2) is 29.9 Å². The third kappa shape index (κ3) is 4.89. The summed E-state index contributed by atoms with van der Waals surface area (Å²) >= 11 is 12.3. The van der Waals surface area contributed by atoms with Crippen molar-refractivity contribution < 1.29 is 0 Å². The number of rotatable bonds is 5. The molecule has 3 aromatic rings. The number of hydrogen-bond acceptors (Lipinski definition) is 3. The maximum absolute atomic E-state index is 6.56. The van der Waals surface area contributed by atoms with Crippen molar-refractivity contribution in [3.8, 4) is 0 Å². The lowest BCUT2D eigenvalue weighted by atomic mass is 9.98. The van der Waals surface area contributed by atoms with Crippen LogP contribution in [0.4, 0.5) is 5.69 Å². The number of anilines is 1. The zero-order valence-corrected chi connectivity index (χ0v) is 19.2. The molecule has 0 saturated heterocycles. The minimum atomic E-state index is -0.0533. The van der Waals surface area contributed by atoms with Crippen LogP contribution in [0, 0.1) is 0 Å². The minimum absolute atomic E-state index is 0.0533. The second kappa shape index (κ2) is 9.50. The lowest BCUT2D eigenvalue weighted by Gasteiger charge is -2.25. The molecule has 4 nitrogen and oxygen atoms in total. The summed E-state index contributed by atoms with van der Waals surface area (Å²) < 4.78 is 0. The summed E-state index contributed by atoms with van der Waals surface area (Å²) in [6.07, 6.45) is 0.730. The van der Waals surface area contributed by atoms with Crippen LogP contribution in [0.3, 0.4) is 0 Å². The number of halogens is 1. The summed E-state index contributed by atoms with van der Waals surface area (Å²) in [7, 11) is 4.08. The number of hydrazone groups is 1. The van der Waals surface area contributed by atoms with Crippen LogP contribution in [0.2, 0.25) is 5.02 Å². The Morgan fingerprint density at radius 1 is 1.06 bits per heavy atom. The number of hydrogen-bond donors (Lipinski definition) is 1. The van der Waals surface area contributed by atoms with E-state index in [-0.39, 0.29) is 6.04 Å². The van der Waals surface area contributed by atoms with Gasteiger partial charge >= 0.3 is 0 Å². The molecule has 31 heavy (non-hydrogen) atoms. The molecule has 3 aromatic carbocycles. The first kappa shape index (κ1) is 21.3. The number of nitrogens with one attached hydrogen (secondary N) is 1. The monoisotopic (exact) mass is 448 g/mol. The molecular weight excluding hydrogens is 424 g/mol. The summed E-state index contributed by atoms with van der Waals surface area (Å²) in [5.74, 6) is 0. The van der Waals surface area contributed by atoms with E-state index in [0.717, 1.165) is 34.0 Å². The Kier molecular flexibility index (Phi) is 6.54. The van der Waals surface area contributed by atoms with Gasteiger partial charge in [-0.3, -0.25) is 0 Å². The summed E-state index contributed by atoms with van der Waals surface area (Å²) in [5, 5.41) is 11.5. The Hall–Kier alpha value is -2.89. The predicted molar refractivity (Wildman–Crippen MR) is 134 cm³/mol. The van der Waals surface area contributed by atoms with Crippen LogP contribution in [0.1, 0.15) is 29.2 Å². The molecule has 1 unspecified atom stereocenters. The largest absolute Gasteiger partial charge is 0.378 e. The first-order chi connectivity index (χ1) is 15.0. The second-order valence-corrected chi connectivity index (χ2v) is 8.52. The van der Waals surface area contributed by atoms with E-state index in [2.05, 4.69) is 52.7 Å². The fraction of sp³-hybridized carbons (Fsp3) is 0.200. The van der Waals surface area contributed by atoms with E-state index in [9.17, 15) is 0 Å². The lowest BCUT2D eigenvalue weighted by molar-refractivity contribution is 0.364. The first-order valence-corrected chi connectivity index (χ1v) is 11.0. The van der Waals surface area contributed by atoms with Gasteiger partial charge in [0.05, 0.1) is 11.8 Å². The quantitative estimate of drug-likeness (QED) is 0.512. The van der Waals surface area contributed by atoms with Gasteiger partial charge in [0.15, 0.2) is 5.11 Å². The maximum atomic E-state index is 6.56. The van der Waals surface area contributed by atoms with Crippen molar-refractivity contribution in [1.82, 2.24) is 10.3 Å². The zero-order valence-electron chi connectivity index (χ0n) is 17.6. The summed E-state index contributed by atoms with van der Waals surface area (Å²) in [6.45, 7) is 0.645. The molecule has 0 aromatic heterocycles. The third-order valence-electron chi connectivity index (χ3n) is 5.37. The van der Waals surface area contributed by atoms with Gasteiger partial charge in [0.1, 0.15) is 0 Å². The van der Waals surface area contributed by atoms with E-state index in [1.165, 1.54) is 5.56 Å². The fourth-order valence-corrected chi connectivity index (χ4v) is 4.18. The standard InChI is InChI=1S/C25H25ClN4S/c1-29(2)20-12-8-11-19(15-20)23-16-24(21-13-6-7-14-22(21)26)30(28-23)25(31)27-17-18-9-4-3-5-10-18/h3-15,24H,16-17H2,1-2H3,(H,27,31). The lowest BCUT2D eigenvalue weighted by Crippen LogP contribution is -2.36. The first-order valence-electron chi connectivity index (χ1n) is 10.2. The molecule has 0 amide bonds. The molecule has 1 aliphatic heterocycles. The number of nitrogens with zero attached hydrogens (tertiary/aromatic N) is 3. The van der Waals surface area contributed by atoms with Gasteiger partial charge in [0.2, 0.25) is 0 Å². The highest BCUT2D eigenvalue weighted by Gasteiger charge is 2.32. The van der Waals surface area contributed by atoms with Gasteiger partial charge in [-0.05, 0) is 47.1 Å². The SMILES string of the molecule is CN(C)c1cccc(C2=NN(C(=S)NCc3ccccc3)C(c3ccccc3Cl)C2)c1. The fourth-order valence-electron chi connectivity index (χ4n) is 3.68. The molecule has 158 valence electrons. The van der Waals surface area contributed by atoms with E-state index in [0.29, 0.717) is 11.7 Å². The summed E-state index contributed by atoms with van der Waals surface area (Å²) in [4.78, 5) is 2.09. The Labute approximate surface area is 194 Å². The maximum Gasteiger partial charge on any atom is 0.190 e. The minimum Gasteiger partial charge on any atom is -0.378 e. The van der Waals surface area contributed by atoms with Crippen LogP contribution < -0.4 is 10.2 Å². The van der Waals surface area contributed by atoms with E-state index < -0.39 is 0 Å². The van der Waals surface area contributed by atoms with Crippen molar-refractivity contribution >= 4 is 40.3 Å². The molecule has 6 heteroatoms. The highest BCUT2D eigenvalue weighted by Crippen LogP contribution is 2.36. The Morgan fingerprint density at radius 3 is 2.55 bits per heavy atom. The molecular formula is C25H25ClN4S. The van der Waals surface area contributed by atoms with Crippen LogP contribution in [0.15, 0.2) is 84.0 Å². The summed E-state index contributed by atoms with van der Waals surface area (Å²) in [5.41, 5.74) is 5.42. The van der Waals surface area contributed by atoms with E-state index >= 15 is 0 Å². The second-order valence-electron chi connectivity index (χ2n) is 7.72. The average molecular weight is 449 g/mol. The van der Waals surface area contributed by atoms with Crippen molar-refractivity contribution in [2.24, 2.45) is 5.10 Å². The van der Waals surface area contributed by atoms with Crippen molar-refractivity contribution in [3.63, 3.8) is 0 Å². The van der Waals surface area contributed by atoms with Crippen molar-refractivity contribution in [3.05, 3.63) is 101 Å². The van der Waals surface area contributed by atoms with Crippen molar-refractivity contribution in [2.45, 2.75) is 19.0 Å². The Balaban J connectivity index is 1.63. The predicted octanol–water partition coefficient (Wildman–Crippen LogP) is 5.63. The topological polar surface area (TPSA) is 30.9 Å². The molecule has 1 heterocycles. The molecule has 1 aliphatic rings. The molecule has 0 bridgehead atoms. The Bertz CT molecular complexity index is 1100. The van der Waals surface area contributed by atoms with Gasteiger partial charge in [-0.2, -0.15) is 5.10 Å². The highest BCUT2D eigenvalue weighted by atomic mass is 35.5. The van der Waals surface area contributed by atoms with E-state index in [1.807, 2.05) is 55.5 Å². The average Bonchev–Trinajstić information content (AvgIpc) is 3.24. The van der Waals surface area contributed by atoms with E-state index in [4.69, 9.17) is 28.9 Å². The molecule has 4 rings (SSSR count).